The minimum Gasteiger partial charge on any atom is -0.305 e. The van der Waals surface area contributed by atoms with Gasteiger partial charge in [-0.25, -0.2) is 18.1 Å². The summed E-state index contributed by atoms with van der Waals surface area (Å²) in [5.41, 5.74) is -1.14. The topological polar surface area (TPSA) is 81.1 Å². The number of carbonyl (C=O) groups is 1. The Kier molecular flexibility index (Phi) is 5.61. The lowest BCUT2D eigenvalue weighted by Crippen LogP contribution is -2.31. The van der Waals surface area contributed by atoms with E-state index in [0.29, 0.717) is 0 Å². The number of halogens is 5. The largest absolute Gasteiger partial charge is 0.416 e. The molecule has 3 rings (SSSR count). The van der Waals surface area contributed by atoms with E-state index in [1.807, 2.05) is 0 Å². The molecule has 3 aromatic rings. The molecule has 29 heavy (non-hydrogen) atoms. The summed E-state index contributed by atoms with van der Waals surface area (Å²) in [5.74, 6) is -1.10. The second-order valence-corrected chi connectivity index (χ2v) is 8.13. The van der Waals surface area contributed by atoms with Crippen LogP contribution in [-0.4, -0.2) is 23.9 Å². The first-order chi connectivity index (χ1) is 13.5. The number of rotatable bonds is 4. The SMILES string of the molecule is O=C(NS(=O)(=O)c1c(Cl)cccc1Cl)c1cn(-c2cccc(C(F)(F)F)c2)cn1. The van der Waals surface area contributed by atoms with Crippen LogP contribution in [0.4, 0.5) is 13.2 Å². The zero-order chi connectivity index (χ0) is 21.4. The van der Waals surface area contributed by atoms with Crippen molar-refractivity contribution in [1.29, 1.82) is 0 Å². The van der Waals surface area contributed by atoms with Crippen LogP contribution < -0.4 is 4.72 Å². The van der Waals surface area contributed by atoms with Crippen molar-refractivity contribution < 1.29 is 26.4 Å². The van der Waals surface area contributed by atoms with Crippen molar-refractivity contribution in [3.05, 3.63) is 76.3 Å². The van der Waals surface area contributed by atoms with Gasteiger partial charge in [0.15, 0.2) is 0 Å². The van der Waals surface area contributed by atoms with Gasteiger partial charge < -0.3 is 4.57 Å². The molecule has 2 aromatic carbocycles. The Labute approximate surface area is 172 Å². The summed E-state index contributed by atoms with van der Waals surface area (Å²) in [6, 6.07) is 8.34. The number of benzene rings is 2. The van der Waals surface area contributed by atoms with Crippen molar-refractivity contribution in [2.45, 2.75) is 11.1 Å². The molecule has 0 radical (unpaired) electrons. The predicted octanol–water partition coefficient (Wildman–Crippen LogP) is 4.32. The maximum atomic E-state index is 12.9. The van der Waals surface area contributed by atoms with Crippen LogP contribution in [0.2, 0.25) is 10.0 Å². The molecule has 0 unspecified atom stereocenters. The van der Waals surface area contributed by atoms with Gasteiger partial charge in [-0.05, 0) is 30.3 Å². The molecule has 6 nitrogen and oxygen atoms in total. The average Bonchev–Trinajstić information content (AvgIpc) is 3.10. The molecule has 0 saturated heterocycles. The Morgan fingerprint density at radius 3 is 2.31 bits per heavy atom. The summed E-state index contributed by atoms with van der Waals surface area (Å²) in [4.78, 5) is 15.6. The zero-order valence-electron chi connectivity index (χ0n) is 14.1. The van der Waals surface area contributed by atoms with Crippen LogP contribution in [0.25, 0.3) is 5.69 Å². The van der Waals surface area contributed by atoms with E-state index in [0.717, 1.165) is 29.2 Å². The highest BCUT2D eigenvalue weighted by Gasteiger charge is 2.30. The van der Waals surface area contributed by atoms with E-state index < -0.39 is 32.6 Å². The third-order valence-corrected chi connectivity index (χ3v) is 5.99. The molecule has 1 N–H and O–H groups in total. The quantitative estimate of drug-likeness (QED) is 0.624. The van der Waals surface area contributed by atoms with Gasteiger partial charge in [0, 0.05) is 11.9 Å². The summed E-state index contributed by atoms with van der Waals surface area (Å²) in [7, 11) is -4.41. The molecule has 0 fully saturated rings. The fourth-order valence-corrected chi connectivity index (χ4v) is 4.50. The standard InChI is InChI=1S/C17H10Cl2F3N3O3S/c18-12-5-2-6-13(19)15(12)29(27,28)24-16(26)14-8-25(9-23-14)11-4-1-3-10(7-11)17(20,21)22/h1-9H,(H,24,26). The molecule has 12 heteroatoms. The van der Waals surface area contributed by atoms with Crippen LogP contribution in [0.15, 0.2) is 59.9 Å². The first-order valence-electron chi connectivity index (χ1n) is 7.72. The lowest BCUT2D eigenvalue weighted by Gasteiger charge is -2.09. The molecule has 0 aliphatic heterocycles. The molecule has 152 valence electrons. The van der Waals surface area contributed by atoms with Crippen LogP contribution >= 0.6 is 23.2 Å². The molecular formula is C17H10Cl2F3N3O3S. The summed E-state index contributed by atoms with van der Waals surface area (Å²) in [6.07, 6.45) is -2.37. The Morgan fingerprint density at radius 1 is 1.07 bits per heavy atom. The van der Waals surface area contributed by atoms with Gasteiger partial charge in [0.05, 0.1) is 15.6 Å². The molecule has 0 saturated carbocycles. The fraction of sp³-hybridized carbons (Fsp3) is 0.0588. The first-order valence-corrected chi connectivity index (χ1v) is 9.96. The molecule has 0 spiro atoms. The van der Waals surface area contributed by atoms with E-state index in [1.54, 1.807) is 4.72 Å². The van der Waals surface area contributed by atoms with E-state index >= 15 is 0 Å². The lowest BCUT2D eigenvalue weighted by atomic mass is 10.2. The van der Waals surface area contributed by atoms with Crippen LogP contribution in [0.3, 0.4) is 0 Å². The van der Waals surface area contributed by atoms with Gasteiger partial charge in [-0.1, -0.05) is 35.3 Å². The number of nitrogens with zero attached hydrogens (tertiary/aromatic N) is 2. The Bertz CT molecular complexity index is 1170. The van der Waals surface area contributed by atoms with Gasteiger partial charge in [-0.15, -0.1) is 0 Å². The van der Waals surface area contributed by atoms with E-state index in [1.165, 1.54) is 30.3 Å². The van der Waals surface area contributed by atoms with Crippen LogP contribution in [0.1, 0.15) is 16.1 Å². The van der Waals surface area contributed by atoms with Gasteiger partial charge in [0.25, 0.3) is 15.9 Å². The number of sulfonamides is 1. The van der Waals surface area contributed by atoms with E-state index in [9.17, 15) is 26.4 Å². The number of aromatic nitrogens is 2. The van der Waals surface area contributed by atoms with Crippen LogP contribution in [0, 0.1) is 0 Å². The minimum atomic E-state index is -4.54. The molecule has 1 aromatic heterocycles. The number of amides is 1. The van der Waals surface area contributed by atoms with Gasteiger partial charge in [-0.2, -0.15) is 13.2 Å². The highest BCUT2D eigenvalue weighted by Crippen LogP contribution is 2.31. The molecular weight excluding hydrogens is 454 g/mol. The summed E-state index contributed by atoms with van der Waals surface area (Å²) in [6.45, 7) is 0. The predicted molar refractivity (Wildman–Crippen MR) is 99.7 cm³/mol. The van der Waals surface area contributed by atoms with Gasteiger partial charge >= 0.3 is 6.18 Å². The maximum absolute atomic E-state index is 12.9. The van der Waals surface area contributed by atoms with E-state index in [4.69, 9.17) is 23.2 Å². The summed E-state index contributed by atoms with van der Waals surface area (Å²) in [5, 5.41) is -0.375. The van der Waals surface area contributed by atoms with Crippen molar-refractivity contribution in [2.24, 2.45) is 0 Å². The Balaban J connectivity index is 1.87. The summed E-state index contributed by atoms with van der Waals surface area (Å²) < 4.78 is 66.3. The van der Waals surface area contributed by atoms with E-state index in [2.05, 4.69) is 4.98 Å². The second kappa shape index (κ2) is 7.69. The van der Waals surface area contributed by atoms with Crippen molar-refractivity contribution in [3.8, 4) is 5.69 Å². The minimum absolute atomic E-state index is 0.0865. The molecule has 1 amide bonds. The second-order valence-electron chi connectivity index (χ2n) is 5.70. The van der Waals surface area contributed by atoms with Crippen molar-refractivity contribution in [2.75, 3.05) is 0 Å². The van der Waals surface area contributed by atoms with Crippen molar-refractivity contribution >= 4 is 39.1 Å². The van der Waals surface area contributed by atoms with Gasteiger partial charge in [-0.3, -0.25) is 4.79 Å². The molecule has 0 aliphatic carbocycles. The maximum Gasteiger partial charge on any atom is 0.416 e. The Morgan fingerprint density at radius 2 is 1.69 bits per heavy atom. The Hall–Kier alpha value is -2.56. The number of nitrogens with one attached hydrogen (secondary N) is 1. The average molecular weight is 464 g/mol. The van der Waals surface area contributed by atoms with Crippen molar-refractivity contribution in [3.63, 3.8) is 0 Å². The molecule has 0 aliphatic rings. The smallest absolute Gasteiger partial charge is 0.305 e. The lowest BCUT2D eigenvalue weighted by molar-refractivity contribution is -0.137. The number of hydrogen-bond donors (Lipinski definition) is 1. The number of imidazole rings is 1. The van der Waals surface area contributed by atoms with E-state index in [-0.39, 0.29) is 21.4 Å². The highest BCUT2D eigenvalue weighted by molar-refractivity contribution is 7.90. The molecule has 1 heterocycles. The number of hydrogen-bond acceptors (Lipinski definition) is 4. The number of carbonyl (C=O) groups excluding carboxylic acids is 1. The zero-order valence-corrected chi connectivity index (χ0v) is 16.4. The van der Waals surface area contributed by atoms with Gasteiger partial charge in [0.1, 0.15) is 16.9 Å². The van der Waals surface area contributed by atoms with Gasteiger partial charge in [0.2, 0.25) is 0 Å². The molecule has 0 bridgehead atoms. The molecule has 0 atom stereocenters. The fourth-order valence-electron chi connectivity index (χ4n) is 2.39. The highest BCUT2D eigenvalue weighted by atomic mass is 35.5. The monoisotopic (exact) mass is 463 g/mol. The number of alkyl halides is 3. The first kappa shape index (κ1) is 21.2. The van der Waals surface area contributed by atoms with Crippen LogP contribution in [-0.2, 0) is 16.2 Å². The summed E-state index contributed by atoms with van der Waals surface area (Å²) >= 11 is 11.7. The van der Waals surface area contributed by atoms with Crippen LogP contribution in [0.5, 0.6) is 0 Å². The normalized spacial score (nSPS) is 12.0. The third kappa shape index (κ3) is 4.55. The van der Waals surface area contributed by atoms with Crippen molar-refractivity contribution in [1.82, 2.24) is 14.3 Å². The third-order valence-electron chi connectivity index (χ3n) is 3.70.